The second-order valence-electron chi connectivity index (χ2n) is 5.45. The number of nitrogens with zero attached hydrogens (tertiary/aromatic N) is 2. The molecule has 0 spiro atoms. The molecule has 7 heteroatoms. The Hall–Kier alpha value is -2.12. The van der Waals surface area contributed by atoms with Crippen LogP contribution < -0.4 is 0 Å². The average Bonchev–Trinajstić information content (AvgIpc) is 3.10. The summed E-state index contributed by atoms with van der Waals surface area (Å²) in [6, 6.07) is 5.37. The maximum atomic E-state index is 12.5. The second-order valence-corrected chi connectivity index (χ2v) is 5.45. The average molecular weight is 305 g/mol. The van der Waals surface area contributed by atoms with Crippen molar-refractivity contribution < 1.29 is 19.1 Å². The quantitative estimate of drug-likeness (QED) is 0.884. The van der Waals surface area contributed by atoms with E-state index in [4.69, 9.17) is 9.15 Å². The zero-order valence-corrected chi connectivity index (χ0v) is 12.4. The molecule has 1 aliphatic rings. The summed E-state index contributed by atoms with van der Waals surface area (Å²) in [5.74, 6) is 1.22. The normalized spacial score (nSPS) is 19.2. The van der Waals surface area contributed by atoms with Gasteiger partial charge < -0.3 is 19.2 Å². The largest absolute Gasteiger partial charge is 0.460 e. The Morgan fingerprint density at radius 1 is 1.55 bits per heavy atom. The molecule has 1 saturated heterocycles. The number of hydrogen-bond acceptors (Lipinski definition) is 5. The highest BCUT2D eigenvalue weighted by Gasteiger charge is 2.25. The van der Waals surface area contributed by atoms with Gasteiger partial charge in [-0.2, -0.15) is 5.10 Å². The van der Waals surface area contributed by atoms with Crippen LogP contribution in [0.3, 0.4) is 0 Å². The Kier molecular flexibility index (Phi) is 4.26. The lowest BCUT2D eigenvalue weighted by Crippen LogP contribution is -2.37. The van der Waals surface area contributed by atoms with Crippen molar-refractivity contribution in [3.8, 4) is 11.5 Å². The van der Waals surface area contributed by atoms with Gasteiger partial charge in [0, 0.05) is 31.7 Å². The van der Waals surface area contributed by atoms with E-state index in [1.807, 2.05) is 19.1 Å². The number of ether oxygens (including phenoxy) is 1. The van der Waals surface area contributed by atoms with Gasteiger partial charge in [-0.15, -0.1) is 0 Å². The fourth-order valence-corrected chi connectivity index (χ4v) is 2.47. The second kappa shape index (κ2) is 6.33. The van der Waals surface area contributed by atoms with Crippen LogP contribution in [0.25, 0.3) is 11.5 Å². The molecule has 1 unspecified atom stereocenters. The van der Waals surface area contributed by atoms with Gasteiger partial charge in [-0.3, -0.25) is 9.89 Å². The molecule has 7 nitrogen and oxygen atoms in total. The van der Waals surface area contributed by atoms with Crippen molar-refractivity contribution in [2.24, 2.45) is 5.92 Å². The fraction of sp³-hybridized carbons (Fsp3) is 0.467. The van der Waals surface area contributed by atoms with Crippen LogP contribution in [-0.2, 0) is 4.74 Å². The van der Waals surface area contributed by atoms with E-state index in [9.17, 15) is 9.90 Å². The lowest BCUT2D eigenvalue weighted by atomic mass is 10.1. The predicted octanol–water partition coefficient (Wildman–Crippen LogP) is 1.06. The Labute approximate surface area is 127 Å². The highest BCUT2D eigenvalue weighted by Crippen LogP contribution is 2.21. The number of aliphatic hydroxyl groups is 1. The van der Waals surface area contributed by atoms with Crippen LogP contribution >= 0.6 is 0 Å². The van der Waals surface area contributed by atoms with Crippen LogP contribution in [0.2, 0.25) is 0 Å². The number of aryl methyl sites for hydroxylation is 1. The summed E-state index contributed by atoms with van der Waals surface area (Å²) >= 11 is 0. The van der Waals surface area contributed by atoms with Crippen LogP contribution in [-0.4, -0.2) is 59.0 Å². The molecule has 0 aromatic carbocycles. The lowest BCUT2D eigenvalue weighted by Gasteiger charge is -2.21. The highest BCUT2D eigenvalue weighted by molar-refractivity contribution is 5.93. The number of aromatic nitrogens is 2. The minimum absolute atomic E-state index is 0.00126. The monoisotopic (exact) mass is 305 g/mol. The minimum Gasteiger partial charge on any atom is -0.460 e. The summed E-state index contributed by atoms with van der Waals surface area (Å²) in [6.07, 6.45) is 0. The molecule has 118 valence electrons. The molecule has 1 aliphatic heterocycles. The molecule has 2 aromatic heterocycles. The zero-order valence-electron chi connectivity index (χ0n) is 12.4. The van der Waals surface area contributed by atoms with Crippen LogP contribution in [0.5, 0.6) is 0 Å². The van der Waals surface area contributed by atoms with E-state index in [-0.39, 0.29) is 18.4 Å². The number of aliphatic hydroxyl groups excluding tert-OH is 1. The Bertz CT molecular complexity index is 649. The summed E-state index contributed by atoms with van der Waals surface area (Å²) in [4.78, 5) is 14.2. The fourth-order valence-electron chi connectivity index (χ4n) is 2.47. The van der Waals surface area contributed by atoms with Crippen molar-refractivity contribution >= 4 is 5.91 Å². The zero-order chi connectivity index (χ0) is 15.5. The summed E-state index contributed by atoms with van der Waals surface area (Å²) < 4.78 is 10.9. The van der Waals surface area contributed by atoms with Crippen LogP contribution in [0, 0.1) is 12.8 Å². The Morgan fingerprint density at radius 3 is 3.14 bits per heavy atom. The van der Waals surface area contributed by atoms with Crippen LogP contribution in [0.4, 0.5) is 0 Å². The molecular weight excluding hydrogens is 286 g/mol. The van der Waals surface area contributed by atoms with Gasteiger partial charge in [-0.25, -0.2) is 0 Å². The SMILES string of the molecule is Cc1ccc(-c2cc(C(=O)N3CCOCC(CO)C3)n[nH]2)o1. The predicted molar refractivity (Wildman–Crippen MR) is 78.3 cm³/mol. The van der Waals surface area contributed by atoms with E-state index in [0.717, 1.165) is 5.76 Å². The number of nitrogens with one attached hydrogen (secondary N) is 1. The van der Waals surface area contributed by atoms with Gasteiger partial charge >= 0.3 is 0 Å². The molecule has 1 atom stereocenters. The third-order valence-electron chi connectivity index (χ3n) is 3.69. The maximum Gasteiger partial charge on any atom is 0.274 e. The summed E-state index contributed by atoms with van der Waals surface area (Å²) in [5.41, 5.74) is 1.00. The van der Waals surface area contributed by atoms with E-state index >= 15 is 0 Å². The summed E-state index contributed by atoms with van der Waals surface area (Å²) in [5, 5.41) is 16.2. The van der Waals surface area contributed by atoms with Crippen molar-refractivity contribution in [2.45, 2.75) is 6.92 Å². The molecule has 2 N–H and O–H groups in total. The number of rotatable bonds is 3. The Balaban J connectivity index is 1.76. The first-order chi connectivity index (χ1) is 10.7. The van der Waals surface area contributed by atoms with E-state index in [1.165, 1.54) is 0 Å². The Morgan fingerprint density at radius 2 is 2.41 bits per heavy atom. The number of amides is 1. The number of aromatic amines is 1. The molecular formula is C15H19N3O4. The molecule has 0 bridgehead atoms. The van der Waals surface area contributed by atoms with Crippen molar-refractivity contribution in [3.63, 3.8) is 0 Å². The van der Waals surface area contributed by atoms with E-state index < -0.39 is 0 Å². The molecule has 2 aromatic rings. The van der Waals surface area contributed by atoms with Crippen molar-refractivity contribution in [3.05, 3.63) is 29.7 Å². The van der Waals surface area contributed by atoms with Crippen molar-refractivity contribution in [2.75, 3.05) is 32.9 Å². The highest BCUT2D eigenvalue weighted by atomic mass is 16.5. The molecule has 0 radical (unpaired) electrons. The molecule has 3 heterocycles. The first-order valence-corrected chi connectivity index (χ1v) is 7.27. The van der Waals surface area contributed by atoms with Gasteiger partial charge in [0.15, 0.2) is 11.5 Å². The van der Waals surface area contributed by atoms with Gasteiger partial charge in [-0.1, -0.05) is 0 Å². The molecule has 1 fully saturated rings. The molecule has 3 rings (SSSR count). The number of H-pyrrole nitrogens is 1. The summed E-state index contributed by atoms with van der Waals surface area (Å²) in [7, 11) is 0. The maximum absolute atomic E-state index is 12.5. The number of furan rings is 1. The number of hydrogen-bond donors (Lipinski definition) is 2. The van der Waals surface area contributed by atoms with Gasteiger partial charge in [0.1, 0.15) is 11.5 Å². The van der Waals surface area contributed by atoms with Crippen LogP contribution in [0.15, 0.2) is 22.6 Å². The van der Waals surface area contributed by atoms with E-state index in [2.05, 4.69) is 10.2 Å². The van der Waals surface area contributed by atoms with E-state index in [0.29, 0.717) is 43.5 Å². The van der Waals surface area contributed by atoms with Crippen molar-refractivity contribution in [1.82, 2.24) is 15.1 Å². The minimum atomic E-state index is -0.172. The molecule has 0 saturated carbocycles. The number of carbonyl (C=O) groups excluding carboxylic acids is 1. The molecule has 0 aliphatic carbocycles. The lowest BCUT2D eigenvalue weighted by molar-refractivity contribution is 0.0722. The number of carbonyl (C=O) groups is 1. The van der Waals surface area contributed by atoms with Gasteiger partial charge in [-0.05, 0) is 19.1 Å². The molecule has 22 heavy (non-hydrogen) atoms. The van der Waals surface area contributed by atoms with E-state index in [1.54, 1.807) is 11.0 Å². The van der Waals surface area contributed by atoms with Gasteiger partial charge in [0.2, 0.25) is 0 Å². The third-order valence-corrected chi connectivity index (χ3v) is 3.69. The van der Waals surface area contributed by atoms with Gasteiger partial charge in [0.25, 0.3) is 5.91 Å². The first kappa shape index (κ1) is 14.8. The standard InChI is InChI=1S/C15H19N3O4/c1-10-2-3-14(22-10)12-6-13(17-16-12)15(20)18-4-5-21-9-11(7-18)8-19/h2-3,6,11,19H,4-5,7-9H2,1H3,(H,16,17). The first-order valence-electron chi connectivity index (χ1n) is 7.27. The smallest absolute Gasteiger partial charge is 0.274 e. The summed E-state index contributed by atoms with van der Waals surface area (Å²) in [6.45, 7) is 3.77. The van der Waals surface area contributed by atoms with Gasteiger partial charge in [0.05, 0.1) is 13.2 Å². The third kappa shape index (κ3) is 3.05. The van der Waals surface area contributed by atoms with Crippen molar-refractivity contribution in [1.29, 1.82) is 0 Å². The molecule has 1 amide bonds. The topological polar surface area (TPSA) is 91.6 Å². The van der Waals surface area contributed by atoms with Crippen LogP contribution in [0.1, 0.15) is 16.2 Å².